The van der Waals surface area contributed by atoms with Crippen molar-refractivity contribution in [2.45, 2.75) is 19.9 Å². The van der Waals surface area contributed by atoms with Gasteiger partial charge < -0.3 is 15.0 Å². The van der Waals surface area contributed by atoms with E-state index in [2.05, 4.69) is 15.3 Å². The second-order valence-corrected chi connectivity index (χ2v) is 4.82. The van der Waals surface area contributed by atoms with E-state index in [-0.39, 0.29) is 17.9 Å². The molecule has 0 saturated heterocycles. The van der Waals surface area contributed by atoms with E-state index in [1.165, 1.54) is 0 Å². The Morgan fingerprint density at radius 2 is 2.05 bits per heavy atom. The predicted octanol–water partition coefficient (Wildman–Crippen LogP) is 0.239. The molecule has 0 bridgehead atoms. The summed E-state index contributed by atoms with van der Waals surface area (Å²) < 4.78 is 5.11. The van der Waals surface area contributed by atoms with Gasteiger partial charge in [-0.1, -0.05) is 12.1 Å². The van der Waals surface area contributed by atoms with Crippen molar-refractivity contribution < 1.29 is 9.53 Å². The number of ether oxygens (including phenoxy) is 1. The number of carbonyl (C=O) groups excluding carboxylic acids is 1. The number of methoxy groups -OCH3 is 1. The number of aromatic nitrogens is 2. The summed E-state index contributed by atoms with van der Waals surface area (Å²) in [6.07, 6.45) is -0.0953. The van der Waals surface area contributed by atoms with Crippen molar-refractivity contribution >= 4 is 5.91 Å². The van der Waals surface area contributed by atoms with Gasteiger partial charge in [0, 0.05) is 17.8 Å². The number of nitrogens with one attached hydrogen (secondary N) is 3. The molecule has 0 spiro atoms. The third-order valence-corrected chi connectivity index (χ3v) is 3.22. The molecule has 3 N–H and O–H groups in total. The van der Waals surface area contributed by atoms with Crippen molar-refractivity contribution in [2.75, 3.05) is 7.11 Å². The molecule has 7 heteroatoms. The lowest BCUT2D eigenvalue weighted by molar-refractivity contribution is -0.120. The van der Waals surface area contributed by atoms with Gasteiger partial charge in [-0.15, -0.1) is 0 Å². The standard InChI is InChI=1S/C15H17N3O4/c1-9-12(14(20)18-15(21)17-9)7-13(19)16-8-10-4-3-5-11(6-10)22-2/h3-6H,7-8H2,1-2H3,(H,16,19)(H2,17,18,20,21). The molecule has 1 aromatic carbocycles. The van der Waals surface area contributed by atoms with Crippen molar-refractivity contribution in [3.05, 3.63) is 61.9 Å². The molecule has 0 atom stereocenters. The van der Waals surface area contributed by atoms with Crippen LogP contribution in [-0.2, 0) is 17.8 Å². The van der Waals surface area contributed by atoms with Gasteiger partial charge in [-0.25, -0.2) is 4.79 Å². The predicted molar refractivity (Wildman–Crippen MR) is 81.0 cm³/mol. The molecule has 116 valence electrons. The van der Waals surface area contributed by atoms with Crippen LogP contribution in [0.3, 0.4) is 0 Å². The van der Waals surface area contributed by atoms with Gasteiger partial charge in [-0.05, 0) is 24.6 Å². The largest absolute Gasteiger partial charge is 0.497 e. The minimum atomic E-state index is -0.581. The molecular weight excluding hydrogens is 286 g/mol. The van der Waals surface area contributed by atoms with Crippen LogP contribution in [0.5, 0.6) is 5.75 Å². The van der Waals surface area contributed by atoms with Gasteiger partial charge in [-0.3, -0.25) is 14.6 Å². The van der Waals surface area contributed by atoms with Gasteiger partial charge in [0.05, 0.1) is 13.5 Å². The lowest BCUT2D eigenvalue weighted by Gasteiger charge is -2.07. The first kappa shape index (κ1) is 15.6. The van der Waals surface area contributed by atoms with Crippen LogP contribution < -0.4 is 21.3 Å². The van der Waals surface area contributed by atoms with Crippen LogP contribution >= 0.6 is 0 Å². The second-order valence-electron chi connectivity index (χ2n) is 4.82. The molecule has 7 nitrogen and oxygen atoms in total. The summed E-state index contributed by atoms with van der Waals surface area (Å²) in [5, 5.41) is 2.73. The molecule has 1 heterocycles. The fourth-order valence-corrected chi connectivity index (χ4v) is 2.04. The van der Waals surface area contributed by atoms with Crippen molar-refractivity contribution in [3.8, 4) is 5.75 Å². The maximum absolute atomic E-state index is 11.9. The summed E-state index contributed by atoms with van der Waals surface area (Å²) in [6.45, 7) is 1.91. The molecule has 0 fully saturated rings. The average Bonchev–Trinajstić information content (AvgIpc) is 2.49. The third-order valence-electron chi connectivity index (χ3n) is 3.22. The molecule has 22 heavy (non-hydrogen) atoms. The van der Waals surface area contributed by atoms with Gasteiger partial charge in [-0.2, -0.15) is 0 Å². The van der Waals surface area contributed by atoms with Crippen molar-refractivity contribution in [3.63, 3.8) is 0 Å². The van der Waals surface area contributed by atoms with E-state index in [0.29, 0.717) is 18.0 Å². The first-order valence-corrected chi connectivity index (χ1v) is 6.71. The Kier molecular flexibility index (Phi) is 4.77. The number of aromatic amines is 2. The Bertz CT molecular complexity index is 792. The molecule has 0 radical (unpaired) electrons. The molecule has 2 rings (SSSR count). The van der Waals surface area contributed by atoms with E-state index < -0.39 is 11.2 Å². The van der Waals surface area contributed by atoms with Crippen molar-refractivity contribution in [2.24, 2.45) is 0 Å². The SMILES string of the molecule is COc1cccc(CNC(=O)Cc2c(C)[nH]c(=O)[nH]c2=O)c1. The minimum Gasteiger partial charge on any atom is -0.497 e. The molecule has 0 unspecified atom stereocenters. The van der Waals surface area contributed by atoms with E-state index in [9.17, 15) is 14.4 Å². The Hall–Kier alpha value is -2.83. The Morgan fingerprint density at radius 1 is 1.27 bits per heavy atom. The van der Waals surface area contributed by atoms with Crippen LogP contribution in [0.4, 0.5) is 0 Å². The van der Waals surface area contributed by atoms with Gasteiger partial charge in [0.1, 0.15) is 5.75 Å². The van der Waals surface area contributed by atoms with Crippen LogP contribution in [-0.4, -0.2) is 23.0 Å². The fraction of sp³-hybridized carbons (Fsp3) is 0.267. The summed E-state index contributed by atoms with van der Waals surface area (Å²) in [6, 6.07) is 7.32. The van der Waals surface area contributed by atoms with E-state index in [4.69, 9.17) is 4.74 Å². The molecular formula is C15H17N3O4. The summed E-state index contributed by atoms with van der Waals surface area (Å²) in [5.74, 6) is 0.406. The number of H-pyrrole nitrogens is 2. The zero-order valence-electron chi connectivity index (χ0n) is 12.4. The monoisotopic (exact) mass is 303 g/mol. The number of carbonyl (C=O) groups is 1. The van der Waals surface area contributed by atoms with Crippen LogP contribution in [0, 0.1) is 6.92 Å². The van der Waals surface area contributed by atoms with Gasteiger partial charge in [0.15, 0.2) is 0 Å². The minimum absolute atomic E-state index is 0.0953. The van der Waals surface area contributed by atoms with E-state index >= 15 is 0 Å². The molecule has 0 aliphatic heterocycles. The van der Waals surface area contributed by atoms with E-state index in [1.54, 1.807) is 14.0 Å². The number of amides is 1. The van der Waals surface area contributed by atoms with Gasteiger partial charge in [0.2, 0.25) is 5.91 Å². The Labute approximate surface area is 126 Å². The third kappa shape index (κ3) is 3.85. The zero-order valence-corrected chi connectivity index (χ0v) is 12.4. The number of hydrogen-bond acceptors (Lipinski definition) is 4. The smallest absolute Gasteiger partial charge is 0.325 e. The van der Waals surface area contributed by atoms with Crippen LogP contribution in [0.1, 0.15) is 16.8 Å². The second kappa shape index (κ2) is 6.75. The molecule has 0 aliphatic rings. The maximum atomic E-state index is 11.9. The van der Waals surface area contributed by atoms with Crippen LogP contribution in [0.25, 0.3) is 0 Å². The topological polar surface area (TPSA) is 104 Å². The summed E-state index contributed by atoms with van der Waals surface area (Å²) in [7, 11) is 1.57. The number of rotatable bonds is 5. The van der Waals surface area contributed by atoms with E-state index in [0.717, 1.165) is 5.56 Å². The first-order chi connectivity index (χ1) is 10.5. The van der Waals surface area contributed by atoms with Crippen LogP contribution in [0.15, 0.2) is 33.9 Å². The van der Waals surface area contributed by atoms with Crippen molar-refractivity contribution in [1.29, 1.82) is 0 Å². The quantitative estimate of drug-likeness (QED) is 0.736. The lowest BCUT2D eigenvalue weighted by Crippen LogP contribution is -2.32. The van der Waals surface area contributed by atoms with Gasteiger partial charge >= 0.3 is 5.69 Å². The fourth-order valence-electron chi connectivity index (χ4n) is 2.04. The molecule has 2 aromatic rings. The number of benzene rings is 1. The average molecular weight is 303 g/mol. The molecule has 0 aliphatic carbocycles. The first-order valence-electron chi connectivity index (χ1n) is 6.71. The highest BCUT2D eigenvalue weighted by Crippen LogP contribution is 2.12. The van der Waals surface area contributed by atoms with Crippen LogP contribution in [0.2, 0.25) is 0 Å². The Balaban J connectivity index is 2.02. The lowest BCUT2D eigenvalue weighted by atomic mass is 10.1. The molecule has 0 saturated carbocycles. The summed E-state index contributed by atoms with van der Waals surface area (Å²) in [4.78, 5) is 39.3. The Morgan fingerprint density at radius 3 is 2.73 bits per heavy atom. The van der Waals surface area contributed by atoms with Gasteiger partial charge in [0.25, 0.3) is 5.56 Å². The highest BCUT2D eigenvalue weighted by Gasteiger charge is 2.11. The van der Waals surface area contributed by atoms with E-state index in [1.807, 2.05) is 24.3 Å². The number of aryl methyl sites for hydroxylation is 1. The summed E-state index contributed by atoms with van der Waals surface area (Å²) >= 11 is 0. The maximum Gasteiger partial charge on any atom is 0.325 e. The highest BCUT2D eigenvalue weighted by atomic mass is 16.5. The zero-order chi connectivity index (χ0) is 16.1. The number of hydrogen-bond donors (Lipinski definition) is 3. The highest BCUT2D eigenvalue weighted by molar-refractivity contribution is 5.78. The summed E-state index contributed by atoms with van der Waals surface area (Å²) in [5.41, 5.74) is 0.411. The van der Waals surface area contributed by atoms with Crippen molar-refractivity contribution in [1.82, 2.24) is 15.3 Å². The molecule has 1 amide bonds. The normalized spacial score (nSPS) is 10.3. The molecule has 1 aromatic heterocycles.